The van der Waals surface area contributed by atoms with E-state index < -0.39 is 9.84 Å². The zero-order chi connectivity index (χ0) is 16.9. The second kappa shape index (κ2) is 7.81. The maximum absolute atomic E-state index is 11.5. The van der Waals surface area contributed by atoms with E-state index in [1.54, 1.807) is 12.1 Å². The number of benzene rings is 1. The van der Waals surface area contributed by atoms with Crippen LogP contribution in [0, 0.1) is 5.92 Å². The van der Waals surface area contributed by atoms with Gasteiger partial charge in [0.15, 0.2) is 15.8 Å². The third kappa shape index (κ3) is 5.23. The Morgan fingerprint density at radius 3 is 2.61 bits per heavy atom. The van der Waals surface area contributed by atoms with Crippen LogP contribution in [0.4, 0.5) is 0 Å². The number of nitrogens with one attached hydrogen (secondary N) is 1. The quantitative estimate of drug-likeness (QED) is 0.674. The van der Waals surface area contributed by atoms with Gasteiger partial charge in [-0.15, -0.1) is 0 Å². The number of aliphatic imine (C=N–C) groups is 1. The van der Waals surface area contributed by atoms with E-state index in [9.17, 15) is 8.42 Å². The summed E-state index contributed by atoms with van der Waals surface area (Å²) in [6.45, 7) is 5.19. The van der Waals surface area contributed by atoms with Crippen molar-refractivity contribution in [3.63, 3.8) is 0 Å². The molecule has 0 spiro atoms. The van der Waals surface area contributed by atoms with E-state index >= 15 is 0 Å². The molecule has 1 unspecified atom stereocenters. The van der Waals surface area contributed by atoms with Crippen molar-refractivity contribution in [3.8, 4) is 0 Å². The summed E-state index contributed by atoms with van der Waals surface area (Å²) in [6.07, 6.45) is 4.58. The first-order valence-electron chi connectivity index (χ1n) is 8.14. The fourth-order valence-electron chi connectivity index (χ4n) is 2.94. The molecule has 0 aliphatic carbocycles. The van der Waals surface area contributed by atoms with E-state index in [0.717, 1.165) is 37.6 Å². The van der Waals surface area contributed by atoms with E-state index in [4.69, 9.17) is 0 Å². The Balaban J connectivity index is 1.86. The van der Waals surface area contributed by atoms with E-state index in [1.165, 1.54) is 19.1 Å². The lowest BCUT2D eigenvalue weighted by Crippen LogP contribution is -2.46. The maximum Gasteiger partial charge on any atom is 0.193 e. The fourth-order valence-corrected chi connectivity index (χ4v) is 3.57. The summed E-state index contributed by atoms with van der Waals surface area (Å²) in [5.74, 6) is 1.68. The van der Waals surface area contributed by atoms with Crippen LogP contribution in [0.1, 0.15) is 25.3 Å². The first-order valence-corrected chi connectivity index (χ1v) is 10.0. The normalized spacial score (nSPS) is 19.7. The zero-order valence-corrected chi connectivity index (χ0v) is 15.1. The number of hydrogen-bond donors (Lipinski definition) is 1. The van der Waals surface area contributed by atoms with Gasteiger partial charge >= 0.3 is 0 Å². The highest BCUT2D eigenvalue weighted by atomic mass is 32.2. The molecule has 1 heterocycles. The smallest absolute Gasteiger partial charge is 0.193 e. The second-order valence-corrected chi connectivity index (χ2v) is 8.35. The van der Waals surface area contributed by atoms with E-state index in [1.807, 2.05) is 19.2 Å². The lowest BCUT2D eigenvalue weighted by molar-refractivity contribution is 0.266. The minimum absolute atomic E-state index is 0.368. The first kappa shape index (κ1) is 17.8. The molecule has 0 bridgehead atoms. The molecule has 0 radical (unpaired) electrons. The van der Waals surface area contributed by atoms with Gasteiger partial charge in [0, 0.05) is 32.9 Å². The molecule has 1 aromatic rings. The van der Waals surface area contributed by atoms with E-state index in [0.29, 0.717) is 10.8 Å². The van der Waals surface area contributed by atoms with Crippen LogP contribution in [0.2, 0.25) is 0 Å². The van der Waals surface area contributed by atoms with Crippen LogP contribution in [0.5, 0.6) is 0 Å². The lowest BCUT2D eigenvalue weighted by atomic mass is 10.0. The van der Waals surface area contributed by atoms with Gasteiger partial charge in [0.05, 0.1) is 4.90 Å². The monoisotopic (exact) mass is 337 g/mol. The number of hydrogen-bond acceptors (Lipinski definition) is 3. The van der Waals surface area contributed by atoms with Crippen molar-refractivity contribution in [2.24, 2.45) is 10.9 Å². The highest BCUT2D eigenvalue weighted by molar-refractivity contribution is 7.90. The largest absolute Gasteiger partial charge is 0.356 e. The van der Waals surface area contributed by atoms with Gasteiger partial charge in [-0.3, -0.25) is 4.99 Å². The molecule has 1 atom stereocenters. The average molecular weight is 337 g/mol. The van der Waals surface area contributed by atoms with Crippen LogP contribution in [-0.4, -0.2) is 52.2 Å². The molecular weight excluding hydrogens is 310 g/mol. The molecule has 1 aliphatic heterocycles. The molecule has 1 fully saturated rings. The Labute approximate surface area is 139 Å². The molecule has 1 aliphatic rings. The Morgan fingerprint density at radius 2 is 2.04 bits per heavy atom. The molecule has 5 nitrogen and oxygen atoms in total. The number of rotatable bonds is 4. The third-order valence-electron chi connectivity index (χ3n) is 4.22. The molecular formula is C17H27N3O2S. The average Bonchev–Trinajstić information content (AvgIpc) is 2.51. The van der Waals surface area contributed by atoms with Crippen molar-refractivity contribution < 1.29 is 8.42 Å². The van der Waals surface area contributed by atoms with Gasteiger partial charge in [0.25, 0.3) is 0 Å². The van der Waals surface area contributed by atoms with Gasteiger partial charge in [0.2, 0.25) is 0 Å². The van der Waals surface area contributed by atoms with Gasteiger partial charge in [-0.05, 0) is 42.9 Å². The second-order valence-electron chi connectivity index (χ2n) is 6.33. The number of piperidine rings is 1. The molecule has 23 heavy (non-hydrogen) atoms. The molecule has 128 valence electrons. The lowest BCUT2D eigenvalue weighted by Gasteiger charge is -2.33. The molecule has 1 saturated heterocycles. The minimum Gasteiger partial charge on any atom is -0.356 e. The number of sulfone groups is 1. The topological polar surface area (TPSA) is 61.8 Å². The van der Waals surface area contributed by atoms with Gasteiger partial charge in [-0.1, -0.05) is 19.1 Å². The van der Waals surface area contributed by atoms with Crippen molar-refractivity contribution in [2.75, 3.05) is 32.9 Å². The molecule has 1 aromatic carbocycles. The maximum atomic E-state index is 11.5. The summed E-state index contributed by atoms with van der Waals surface area (Å²) in [7, 11) is -1.30. The minimum atomic E-state index is -3.12. The Hall–Kier alpha value is -1.56. The molecule has 2 rings (SSSR count). The summed E-state index contributed by atoms with van der Waals surface area (Å²) in [6, 6.07) is 7.10. The van der Waals surface area contributed by atoms with Crippen molar-refractivity contribution in [1.82, 2.24) is 10.2 Å². The predicted octanol–water partition coefficient (Wildman–Crippen LogP) is 1.94. The van der Waals surface area contributed by atoms with Crippen LogP contribution in [0.15, 0.2) is 34.2 Å². The van der Waals surface area contributed by atoms with Gasteiger partial charge in [-0.2, -0.15) is 0 Å². The number of guanidine groups is 1. The van der Waals surface area contributed by atoms with Crippen LogP contribution in [-0.2, 0) is 16.3 Å². The van der Waals surface area contributed by atoms with Gasteiger partial charge < -0.3 is 10.2 Å². The van der Waals surface area contributed by atoms with Crippen molar-refractivity contribution in [1.29, 1.82) is 0 Å². The van der Waals surface area contributed by atoms with Crippen LogP contribution in [0.3, 0.4) is 0 Å². The Morgan fingerprint density at radius 1 is 1.35 bits per heavy atom. The molecule has 0 saturated carbocycles. The van der Waals surface area contributed by atoms with Gasteiger partial charge in [0.1, 0.15) is 0 Å². The molecule has 6 heteroatoms. The number of nitrogens with zero attached hydrogens (tertiary/aromatic N) is 2. The highest BCUT2D eigenvalue weighted by Gasteiger charge is 2.18. The summed E-state index contributed by atoms with van der Waals surface area (Å²) in [5.41, 5.74) is 1.12. The van der Waals surface area contributed by atoms with E-state index in [-0.39, 0.29) is 0 Å². The van der Waals surface area contributed by atoms with Crippen LogP contribution >= 0.6 is 0 Å². The standard InChI is InChI=1S/C17H27N3O2S/c1-14-5-4-12-20(13-14)17(18-2)19-11-10-15-6-8-16(9-7-15)23(3,21)22/h6-9,14H,4-5,10-13H2,1-3H3,(H,18,19). The molecule has 1 N–H and O–H groups in total. The zero-order valence-electron chi connectivity index (χ0n) is 14.2. The Bertz CT molecular complexity index is 638. The van der Waals surface area contributed by atoms with Crippen LogP contribution < -0.4 is 5.32 Å². The third-order valence-corrected chi connectivity index (χ3v) is 5.35. The van der Waals surface area contributed by atoms with Crippen molar-refractivity contribution in [3.05, 3.63) is 29.8 Å². The predicted molar refractivity (Wildman–Crippen MR) is 94.6 cm³/mol. The summed E-state index contributed by atoms with van der Waals surface area (Å²) in [5, 5.41) is 3.41. The molecule has 0 amide bonds. The van der Waals surface area contributed by atoms with E-state index in [2.05, 4.69) is 22.1 Å². The Kier molecular flexibility index (Phi) is 6.04. The van der Waals surface area contributed by atoms with Crippen molar-refractivity contribution >= 4 is 15.8 Å². The van der Waals surface area contributed by atoms with Crippen LogP contribution in [0.25, 0.3) is 0 Å². The highest BCUT2D eigenvalue weighted by Crippen LogP contribution is 2.15. The van der Waals surface area contributed by atoms with Crippen molar-refractivity contribution in [2.45, 2.75) is 31.1 Å². The SMILES string of the molecule is CN=C(NCCc1ccc(S(C)(=O)=O)cc1)N1CCCC(C)C1. The summed E-state index contributed by atoms with van der Waals surface area (Å²) < 4.78 is 22.9. The summed E-state index contributed by atoms with van der Waals surface area (Å²) >= 11 is 0. The number of likely N-dealkylation sites (tertiary alicyclic amines) is 1. The fraction of sp³-hybridized carbons (Fsp3) is 0.588. The summed E-state index contributed by atoms with van der Waals surface area (Å²) in [4.78, 5) is 7.06. The van der Waals surface area contributed by atoms with Gasteiger partial charge in [-0.25, -0.2) is 8.42 Å². The first-order chi connectivity index (χ1) is 10.9. The molecule has 0 aromatic heterocycles.